The first-order valence-corrected chi connectivity index (χ1v) is 9.13. The van der Waals surface area contributed by atoms with Gasteiger partial charge >= 0.3 is 5.97 Å². The third kappa shape index (κ3) is 3.51. The zero-order chi connectivity index (χ0) is 18.8. The van der Waals surface area contributed by atoms with Crippen molar-refractivity contribution in [2.24, 2.45) is 0 Å². The highest BCUT2D eigenvalue weighted by Gasteiger charge is 2.20. The van der Waals surface area contributed by atoms with Gasteiger partial charge in [-0.05, 0) is 56.2 Å². The Morgan fingerprint density at radius 2 is 1.81 bits per heavy atom. The Hall–Kier alpha value is -2.60. The first-order valence-electron chi connectivity index (χ1n) is 8.25. The van der Waals surface area contributed by atoms with Crippen LogP contribution in [0.3, 0.4) is 0 Å². The second kappa shape index (κ2) is 7.33. The molecule has 1 atom stereocenters. The number of nitrogens with zero attached hydrogens (tertiary/aromatic N) is 2. The number of hydrogen-bond donors (Lipinski definition) is 0. The van der Waals surface area contributed by atoms with Gasteiger partial charge in [0.25, 0.3) is 5.56 Å². The van der Waals surface area contributed by atoms with Gasteiger partial charge in [-0.1, -0.05) is 30.0 Å². The van der Waals surface area contributed by atoms with Gasteiger partial charge in [0.2, 0.25) is 0 Å². The number of aromatic nitrogens is 2. The molecule has 26 heavy (non-hydrogen) atoms. The Morgan fingerprint density at radius 1 is 1.15 bits per heavy atom. The van der Waals surface area contributed by atoms with Crippen molar-refractivity contribution in [2.75, 3.05) is 7.11 Å². The molecule has 1 heterocycles. The van der Waals surface area contributed by atoms with Gasteiger partial charge in [0.05, 0.1) is 23.7 Å². The quantitative estimate of drug-likeness (QED) is 0.400. The van der Waals surface area contributed by atoms with E-state index in [-0.39, 0.29) is 11.5 Å². The minimum Gasteiger partial charge on any atom is -0.468 e. The van der Waals surface area contributed by atoms with Crippen molar-refractivity contribution >= 4 is 28.6 Å². The molecule has 0 fully saturated rings. The molecule has 1 aromatic heterocycles. The number of benzene rings is 2. The average molecular weight is 368 g/mol. The smallest absolute Gasteiger partial charge is 0.318 e. The number of thioether (sulfide) groups is 1. The lowest BCUT2D eigenvalue weighted by Gasteiger charge is -2.16. The van der Waals surface area contributed by atoms with Crippen molar-refractivity contribution in [3.63, 3.8) is 0 Å². The summed E-state index contributed by atoms with van der Waals surface area (Å²) in [4.78, 5) is 29.7. The molecule has 0 aliphatic heterocycles. The highest BCUT2D eigenvalue weighted by Crippen LogP contribution is 2.26. The summed E-state index contributed by atoms with van der Waals surface area (Å²) in [7, 11) is 1.35. The number of ether oxygens (including phenoxy) is 1. The molecule has 0 saturated carbocycles. The predicted molar refractivity (Wildman–Crippen MR) is 104 cm³/mol. The highest BCUT2D eigenvalue weighted by atomic mass is 32.2. The van der Waals surface area contributed by atoms with Gasteiger partial charge in [0, 0.05) is 0 Å². The van der Waals surface area contributed by atoms with Crippen LogP contribution >= 0.6 is 11.8 Å². The van der Waals surface area contributed by atoms with Crippen LogP contribution in [-0.4, -0.2) is 27.9 Å². The Bertz CT molecular complexity index is 1020. The monoisotopic (exact) mass is 368 g/mol. The number of carbonyl (C=O) groups excluding carboxylic acids is 1. The van der Waals surface area contributed by atoms with Crippen LogP contribution in [0.25, 0.3) is 16.6 Å². The Balaban J connectivity index is 2.27. The lowest BCUT2D eigenvalue weighted by atomic mass is 10.1. The lowest BCUT2D eigenvalue weighted by Crippen LogP contribution is -2.24. The number of para-hydroxylation sites is 1. The minimum absolute atomic E-state index is 0.153. The number of rotatable bonds is 4. The van der Waals surface area contributed by atoms with E-state index in [2.05, 4.69) is 4.98 Å². The second-order valence-corrected chi connectivity index (χ2v) is 7.49. The Kier molecular flexibility index (Phi) is 5.13. The fourth-order valence-corrected chi connectivity index (χ4v) is 3.82. The molecular weight excluding hydrogens is 348 g/mol. The van der Waals surface area contributed by atoms with E-state index in [9.17, 15) is 9.59 Å². The minimum atomic E-state index is -0.481. The van der Waals surface area contributed by atoms with Gasteiger partial charge in [-0.3, -0.25) is 14.2 Å². The van der Waals surface area contributed by atoms with Gasteiger partial charge in [-0.15, -0.1) is 0 Å². The summed E-state index contributed by atoms with van der Waals surface area (Å²) in [5, 5.41) is 0.531. The molecule has 0 spiro atoms. The molecule has 3 rings (SSSR count). The number of aryl methyl sites for hydroxylation is 2. The van der Waals surface area contributed by atoms with Crippen LogP contribution in [0, 0.1) is 13.8 Å². The van der Waals surface area contributed by atoms with E-state index in [4.69, 9.17) is 4.74 Å². The Morgan fingerprint density at radius 3 is 2.46 bits per heavy atom. The fraction of sp³-hybridized carbons (Fsp3) is 0.250. The summed E-state index contributed by atoms with van der Waals surface area (Å²) in [6.07, 6.45) is 0. The number of methoxy groups -OCH3 is 1. The van der Waals surface area contributed by atoms with Gasteiger partial charge < -0.3 is 4.74 Å². The molecule has 0 aliphatic carbocycles. The molecule has 0 N–H and O–H groups in total. The van der Waals surface area contributed by atoms with Crippen molar-refractivity contribution in [1.82, 2.24) is 9.55 Å². The summed E-state index contributed by atoms with van der Waals surface area (Å²) >= 11 is 1.22. The summed E-state index contributed by atoms with van der Waals surface area (Å²) in [5.74, 6) is -0.357. The fourth-order valence-electron chi connectivity index (χ4n) is 2.87. The Labute approximate surface area is 156 Å². The van der Waals surface area contributed by atoms with E-state index >= 15 is 0 Å². The maximum absolute atomic E-state index is 13.2. The molecule has 2 aromatic carbocycles. The molecule has 0 bridgehead atoms. The summed E-state index contributed by atoms with van der Waals surface area (Å²) in [6, 6.07) is 13.2. The number of hydrogen-bond acceptors (Lipinski definition) is 5. The molecule has 6 heteroatoms. The number of fused-ring (bicyclic) bond motifs is 1. The van der Waals surface area contributed by atoms with Gasteiger partial charge in [-0.25, -0.2) is 4.98 Å². The van der Waals surface area contributed by atoms with Crippen LogP contribution in [-0.2, 0) is 9.53 Å². The van der Waals surface area contributed by atoms with Gasteiger partial charge in [-0.2, -0.15) is 0 Å². The standard InChI is InChI=1S/C20H20N2O3S/c1-12-9-13(2)11-15(10-12)22-18(23)16-7-5-6-8-17(16)21-20(22)26-14(3)19(24)25-4/h5-11,14H,1-4H3/t14-/m1/s1. The summed E-state index contributed by atoms with van der Waals surface area (Å²) < 4.78 is 6.39. The zero-order valence-electron chi connectivity index (χ0n) is 15.1. The van der Waals surface area contributed by atoms with Crippen molar-refractivity contribution in [1.29, 1.82) is 0 Å². The molecule has 0 radical (unpaired) electrons. The van der Waals surface area contributed by atoms with Crippen LogP contribution in [0.4, 0.5) is 0 Å². The largest absolute Gasteiger partial charge is 0.468 e. The molecule has 0 saturated heterocycles. The van der Waals surface area contributed by atoms with E-state index in [1.54, 1.807) is 23.6 Å². The van der Waals surface area contributed by atoms with Crippen LogP contribution in [0.5, 0.6) is 0 Å². The summed E-state index contributed by atoms with van der Waals surface area (Å²) in [6.45, 7) is 5.71. The molecule has 134 valence electrons. The second-order valence-electron chi connectivity index (χ2n) is 6.18. The van der Waals surface area contributed by atoms with Crippen LogP contribution < -0.4 is 5.56 Å². The van der Waals surface area contributed by atoms with E-state index < -0.39 is 5.25 Å². The van der Waals surface area contributed by atoms with E-state index in [1.807, 2.05) is 44.2 Å². The maximum atomic E-state index is 13.2. The zero-order valence-corrected chi connectivity index (χ0v) is 16.0. The maximum Gasteiger partial charge on any atom is 0.318 e. The van der Waals surface area contributed by atoms with Crippen molar-refractivity contribution in [3.8, 4) is 5.69 Å². The van der Waals surface area contributed by atoms with Crippen molar-refractivity contribution in [2.45, 2.75) is 31.2 Å². The first kappa shape index (κ1) is 18.2. The van der Waals surface area contributed by atoms with Crippen LogP contribution in [0.1, 0.15) is 18.1 Å². The molecule has 0 amide bonds. The number of esters is 1. The highest BCUT2D eigenvalue weighted by molar-refractivity contribution is 8.00. The van der Waals surface area contributed by atoms with E-state index in [0.29, 0.717) is 16.1 Å². The van der Waals surface area contributed by atoms with Crippen molar-refractivity contribution < 1.29 is 9.53 Å². The van der Waals surface area contributed by atoms with Crippen LogP contribution in [0.2, 0.25) is 0 Å². The molecule has 0 unspecified atom stereocenters. The van der Waals surface area contributed by atoms with Crippen molar-refractivity contribution in [3.05, 3.63) is 63.9 Å². The van der Waals surface area contributed by atoms with E-state index in [1.165, 1.54) is 18.9 Å². The third-order valence-electron chi connectivity index (χ3n) is 4.02. The predicted octanol–water partition coefficient (Wildman–Crippen LogP) is 3.66. The summed E-state index contributed by atoms with van der Waals surface area (Å²) in [5.41, 5.74) is 3.30. The average Bonchev–Trinajstić information content (AvgIpc) is 2.60. The molecule has 0 aliphatic rings. The lowest BCUT2D eigenvalue weighted by molar-refractivity contribution is -0.139. The van der Waals surface area contributed by atoms with E-state index in [0.717, 1.165) is 16.8 Å². The SMILES string of the molecule is COC(=O)[C@@H](C)Sc1nc2ccccc2c(=O)n1-c1cc(C)cc(C)c1. The first-order chi connectivity index (χ1) is 12.4. The molecule has 5 nitrogen and oxygen atoms in total. The molecular formula is C20H20N2O3S. The van der Waals surface area contributed by atoms with Gasteiger partial charge in [0.15, 0.2) is 5.16 Å². The normalized spacial score (nSPS) is 12.2. The molecule has 3 aromatic rings. The third-order valence-corrected chi connectivity index (χ3v) is 5.06. The number of carbonyl (C=O) groups is 1. The van der Waals surface area contributed by atoms with Crippen LogP contribution in [0.15, 0.2) is 52.4 Å². The topological polar surface area (TPSA) is 61.2 Å². The van der Waals surface area contributed by atoms with Gasteiger partial charge in [0.1, 0.15) is 5.25 Å².